The molecule has 0 nitrogen and oxygen atoms in total. The van der Waals surface area contributed by atoms with E-state index in [1.165, 1.54) is 44.9 Å². The molecular formula is C18H26. The predicted octanol–water partition coefficient (Wildman–Crippen LogP) is 5.42. The maximum Gasteiger partial charge on any atom is 0.0245 e. The Morgan fingerprint density at radius 1 is 0.889 bits per heavy atom. The van der Waals surface area contributed by atoms with E-state index in [9.17, 15) is 0 Å². The zero-order valence-electron chi connectivity index (χ0n) is 11.9. The minimum Gasteiger partial charge on any atom is -0.0945 e. The fraction of sp³-hybridized carbons (Fsp3) is 0.556. The summed E-state index contributed by atoms with van der Waals surface area (Å²) in [6.07, 6.45) is 9.13. The van der Waals surface area contributed by atoms with Crippen molar-refractivity contribution in [1.82, 2.24) is 0 Å². The lowest BCUT2D eigenvalue weighted by atomic mass is 9.96. The van der Waals surface area contributed by atoms with Gasteiger partial charge >= 0.3 is 0 Å². The third-order valence-corrected chi connectivity index (χ3v) is 3.24. The molecule has 0 saturated heterocycles. The fourth-order valence-corrected chi connectivity index (χ4v) is 2.16. The second kappa shape index (κ2) is 9.77. The Bertz CT molecular complexity index is 353. The van der Waals surface area contributed by atoms with Gasteiger partial charge in [0, 0.05) is 11.5 Å². The van der Waals surface area contributed by atoms with Gasteiger partial charge in [-0.2, -0.15) is 0 Å². The second-order valence-corrected chi connectivity index (χ2v) is 4.97. The molecule has 0 heterocycles. The maximum absolute atomic E-state index is 3.46. The van der Waals surface area contributed by atoms with Crippen LogP contribution in [0.3, 0.4) is 0 Å². The standard InChI is InChI=1S/C18H26/c1-3-5-6-8-12-17(11-4-2)15-16-18-13-9-7-10-14-18/h7,9-10,13-14,17H,3-6,8,11-12H2,1-2H3. The van der Waals surface area contributed by atoms with Crippen LogP contribution < -0.4 is 0 Å². The van der Waals surface area contributed by atoms with Crippen LogP contribution in [0.15, 0.2) is 30.3 Å². The number of hydrogen-bond acceptors (Lipinski definition) is 0. The van der Waals surface area contributed by atoms with E-state index < -0.39 is 0 Å². The first-order chi connectivity index (χ1) is 8.86. The van der Waals surface area contributed by atoms with Crippen molar-refractivity contribution in [3.05, 3.63) is 35.9 Å². The van der Waals surface area contributed by atoms with Crippen molar-refractivity contribution in [2.75, 3.05) is 0 Å². The Morgan fingerprint density at radius 2 is 1.67 bits per heavy atom. The van der Waals surface area contributed by atoms with Crippen molar-refractivity contribution < 1.29 is 0 Å². The molecule has 0 aliphatic rings. The monoisotopic (exact) mass is 242 g/mol. The SMILES string of the molecule is CCCCCCC(C#Cc1ccccc1)CCC. The number of hydrogen-bond donors (Lipinski definition) is 0. The lowest BCUT2D eigenvalue weighted by Gasteiger charge is -2.08. The first kappa shape index (κ1) is 14.8. The molecule has 1 aromatic rings. The molecule has 0 aromatic heterocycles. The van der Waals surface area contributed by atoms with Crippen molar-refractivity contribution in [2.24, 2.45) is 5.92 Å². The Kier molecular flexibility index (Phi) is 8.06. The highest BCUT2D eigenvalue weighted by molar-refractivity contribution is 5.34. The minimum absolute atomic E-state index is 0.590. The van der Waals surface area contributed by atoms with E-state index in [1.54, 1.807) is 0 Å². The molecule has 1 rings (SSSR count). The summed E-state index contributed by atoms with van der Waals surface area (Å²) in [6, 6.07) is 10.3. The zero-order valence-corrected chi connectivity index (χ0v) is 11.9. The van der Waals surface area contributed by atoms with Gasteiger partial charge in [0.25, 0.3) is 0 Å². The average Bonchev–Trinajstić information content (AvgIpc) is 2.42. The van der Waals surface area contributed by atoms with E-state index in [0.29, 0.717) is 5.92 Å². The van der Waals surface area contributed by atoms with Crippen molar-refractivity contribution in [1.29, 1.82) is 0 Å². The van der Waals surface area contributed by atoms with Crippen LogP contribution in [0.5, 0.6) is 0 Å². The van der Waals surface area contributed by atoms with Gasteiger partial charge in [0.2, 0.25) is 0 Å². The van der Waals surface area contributed by atoms with Gasteiger partial charge in [0.05, 0.1) is 0 Å². The van der Waals surface area contributed by atoms with Crippen LogP contribution in [0.1, 0.15) is 64.4 Å². The molecule has 0 aliphatic heterocycles. The molecule has 0 aliphatic carbocycles. The first-order valence-electron chi connectivity index (χ1n) is 7.43. The second-order valence-electron chi connectivity index (χ2n) is 4.97. The molecule has 18 heavy (non-hydrogen) atoms. The van der Waals surface area contributed by atoms with Gasteiger partial charge in [-0.3, -0.25) is 0 Å². The van der Waals surface area contributed by atoms with E-state index >= 15 is 0 Å². The summed E-state index contributed by atoms with van der Waals surface area (Å²) < 4.78 is 0. The van der Waals surface area contributed by atoms with Crippen LogP contribution in [-0.2, 0) is 0 Å². The number of unbranched alkanes of at least 4 members (excludes halogenated alkanes) is 3. The minimum atomic E-state index is 0.590. The van der Waals surface area contributed by atoms with Crippen LogP contribution in [0.2, 0.25) is 0 Å². The van der Waals surface area contributed by atoms with E-state index in [1.807, 2.05) is 6.07 Å². The maximum atomic E-state index is 3.46. The lowest BCUT2D eigenvalue weighted by Crippen LogP contribution is -1.97. The quantitative estimate of drug-likeness (QED) is 0.442. The molecule has 98 valence electrons. The Balaban J connectivity index is 2.44. The first-order valence-corrected chi connectivity index (χ1v) is 7.43. The molecule has 1 aromatic carbocycles. The summed E-state index contributed by atoms with van der Waals surface area (Å²) in [5.41, 5.74) is 1.15. The summed E-state index contributed by atoms with van der Waals surface area (Å²) in [5, 5.41) is 0. The van der Waals surface area contributed by atoms with Gasteiger partial charge in [-0.05, 0) is 25.0 Å². The van der Waals surface area contributed by atoms with Crippen LogP contribution >= 0.6 is 0 Å². The molecule has 0 N–H and O–H groups in total. The zero-order chi connectivity index (χ0) is 13.1. The van der Waals surface area contributed by atoms with Gasteiger partial charge in [-0.1, -0.05) is 76.0 Å². The number of rotatable bonds is 7. The summed E-state index contributed by atoms with van der Waals surface area (Å²) in [7, 11) is 0. The highest BCUT2D eigenvalue weighted by Gasteiger charge is 2.03. The molecule has 0 radical (unpaired) electrons. The molecule has 1 atom stereocenters. The lowest BCUT2D eigenvalue weighted by molar-refractivity contribution is 0.509. The van der Waals surface area contributed by atoms with Gasteiger partial charge in [0.1, 0.15) is 0 Å². The average molecular weight is 242 g/mol. The molecule has 1 unspecified atom stereocenters. The van der Waals surface area contributed by atoms with Gasteiger partial charge in [-0.25, -0.2) is 0 Å². The predicted molar refractivity (Wildman–Crippen MR) is 80.5 cm³/mol. The van der Waals surface area contributed by atoms with Gasteiger partial charge in [0.15, 0.2) is 0 Å². The van der Waals surface area contributed by atoms with Crippen LogP contribution in [-0.4, -0.2) is 0 Å². The third-order valence-electron chi connectivity index (χ3n) is 3.24. The highest BCUT2D eigenvalue weighted by Crippen LogP contribution is 2.15. The van der Waals surface area contributed by atoms with E-state index in [0.717, 1.165) is 5.56 Å². The molecule has 0 heteroatoms. The topological polar surface area (TPSA) is 0 Å². The van der Waals surface area contributed by atoms with E-state index in [-0.39, 0.29) is 0 Å². The van der Waals surface area contributed by atoms with E-state index in [2.05, 4.69) is 50.0 Å². The van der Waals surface area contributed by atoms with Crippen LogP contribution in [0.25, 0.3) is 0 Å². The molecular weight excluding hydrogens is 216 g/mol. The van der Waals surface area contributed by atoms with Gasteiger partial charge in [-0.15, -0.1) is 0 Å². The van der Waals surface area contributed by atoms with Crippen LogP contribution in [0, 0.1) is 17.8 Å². The Labute approximate surface area is 113 Å². The molecule has 0 fully saturated rings. The summed E-state index contributed by atoms with van der Waals surface area (Å²) in [5.74, 6) is 7.37. The van der Waals surface area contributed by atoms with E-state index in [4.69, 9.17) is 0 Å². The smallest absolute Gasteiger partial charge is 0.0245 e. The van der Waals surface area contributed by atoms with Gasteiger partial charge < -0.3 is 0 Å². The molecule has 0 spiro atoms. The van der Waals surface area contributed by atoms with Crippen LogP contribution in [0.4, 0.5) is 0 Å². The van der Waals surface area contributed by atoms with Crippen molar-refractivity contribution in [3.63, 3.8) is 0 Å². The Morgan fingerprint density at radius 3 is 2.33 bits per heavy atom. The number of benzene rings is 1. The summed E-state index contributed by atoms with van der Waals surface area (Å²) in [6.45, 7) is 4.52. The van der Waals surface area contributed by atoms with Crippen molar-refractivity contribution >= 4 is 0 Å². The normalized spacial score (nSPS) is 11.7. The molecule has 0 bridgehead atoms. The summed E-state index contributed by atoms with van der Waals surface area (Å²) >= 11 is 0. The van der Waals surface area contributed by atoms with Crippen molar-refractivity contribution in [3.8, 4) is 11.8 Å². The third kappa shape index (κ3) is 6.50. The fourth-order valence-electron chi connectivity index (χ4n) is 2.16. The molecule has 0 amide bonds. The summed E-state index contributed by atoms with van der Waals surface area (Å²) in [4.78, 5) is 0. The Hall–Kier alpha value is -1.22. The largest absolute Gasteiger partial charge is 0.0945 e. The van der Waals surface area contributed by atoms with Crippen molar-refractivity contribution in [2.45, 2.75) is 58.8 Å². The highest BCUT2D eigenvalue weighted by atomic mass is 14.1. The molecule has 0 saturated carbocycles.